The van der Waals surface area contributed by atoms with Crippen LogP contribution in [-0.2, 0) is 16.1 Å². The lowest BCUT2D eigenvalue weighted by atomic mass is 10.1. The van der Waals surface area contributed by atoms with E-state index in [9.17, 15) is 9.59 Å². The number of hydrogen-bond donors (Lipinski definition) is 1. The molecule has 22 heavy (non-hydrogen) atoms. The van der Waals surface area contributed by atoms with Crippen molar-refractivity contribution in [3.63, 3.8) is 0 Å². The van der Waals surface area contributed by atoms with Crippen LogP contribution in [-0.4, -0.2) is 39.8 Å². The van der Waals surface area contributed by atoms with E-state index in [1.54, 1.807) is 23.2 Å². The summed E-state index contributed by atoms with van der Waals surface area (Å²) in [4.78, 5) is 33.5. The molecule has 1 unspecified atom stereocenters. The molecule has 7 heteroatoms. The van der Waals surface area contributed by atoms with Crippen molar-refractivity contribution in [2.75, 3.05) is 13.1 Å². The number of amides is 2. The van der Waals surface area contributed by atoms with Gasteiger partial charge in [-0.15, -0.1) is 0 Å². The largest absolute Gasteiger partial charge is 0.437 e. The molecule has 1 saturated heterocycles. The second-order valence-corrected chi connectivity index (χ2v) is 5.12. The number of oxazole rings is 1. The third kappa shape index (κ3) is 2.83. The standard InChI is InChI=1S/C15H16N4O3/c1-2-13(20)19-7-5-10(9-19)15(21)17-8-12-18-14-11(22-12)4-3-6-16-14/h2-4,6,10H,1,5,7-9H2,(H,17,21). The van der Waals surface area contributed by atoms with E-state index < -0.39 is 0 Å². The van der Waals surface area contributed by atoms with E-state index in [0.29, 0.717) is 36.6 Å². The van der Waals surface area contributed by atoms with Gasteiger partial charge in [-0.25, -0.2) is 4.98 Å². The quantitative estimate of drug-likeness (QED) is 0.847. The normalized spacial score (nSPS) is 17.6. The van der Waals surface area contributed by atoms with Gasteiger partial charge in [0.1, 0.15) is 0 Å². The topological polar surface area (TPSA) is 88.3 Å². The zero-order valence-electron chi connectivity index (χ0n) is 12.0. The first-order chi connectivity index (χ1) is 10.7. The molecule has 0 radical (unpaired) electrons. The van der Waals surface area contributed by atoms with E-state index >= 15 is 0 Å². The van der Waals surface area contributed by atoms with Crippen molar-refractivity contribution in [3.8, 4) is 0 Å². The van der Waals surface area contributed by atoms with Gasteiger partial charge in [-0.2, -0.15) is 4.98 Å². The predicted molar refractivity (Wildman–Crippen MR) is 78.5 cm³/mol. The Morgan fingerprint density at radius 2 is 2.41 bits per heavy atom. The van der Waals surface area contributed by atoms with Crippen molar-refractivity contribution in [2.24, 2.45) is 5.92 Å². The Morgan fingerprint density at radius 1 is 1.55 bits per heavy atom. The lowest BCUT2D eigenvalue weighted by Gasteiger charge is -2.13. The third-order valence-electron chi connectivity index (χ3n) is 3.67. The molecule has 0 bridgehead atoms. The van der Waals surface area contributed by atoms with Crippen LogP contribution in [0.25, 0.3) is 11.2 Å². The molecule has 0 spiro atoms. The number of likely N-dealkylation sites (tertiary alicyclic amines) is 1. The van der Waals surface area contributed by atoms with Crippen molar-refractivity contribution < 1.29 is 14.0 Å². The van der Waals surface area contributed by atoms with Crippen molar-refractivity contribution >= 4 is 23.0 Å². The number of nitrogens with one attached hydrogen (secondary N) is 1. The highest BCUT2D eigenvalue weighted by atomic mass is 16.3. The minimum atomic E-state index is -0.202. The number of carbonyl (C=O) groups is 2. The molecule has 114 valence electrons. The number of carbonyl (C=O) groups excluding carboxylic acids is 2. The molecule has 3 heterocycles. The Balaban J connectivity index is 1.56. The molecule has 1 aliphatic heterocycles. The molecule has 0 saturated carbocycles. The van der Waals surface area contributed by atoms with E-state index in [0.717, 1.165) is 0 Å². The fourth-order valence-corrected chi connectivity index (χ4v) is 2.50. The van der Waals surface area contributed by atoms with Crippen molar-refractivity contribution in [2.45, 2.75) is 13.0 Å². The maximum Gasteiger partial charge on any atom is 0.245 e. The van der Waals surface area contributed by atoms with Crippen molar-refractivity contribution in [1.29, 1.82) is 0 Å². The summed E-state index contributed by atoms with van der Waals surface area (Å²) in [6, 6.07) is 3.54. The van der Waals surface area contributed by atoms with Gasteiger partial charge < -0.3 is 14.6 Å². The molecule has 3 rings (SSSR count). The highest BCUT2D eigenvalue weighted by molar-refractivity contribution is 5.88. The smallest absolute Gasteiger partial charge is 0.245 e. The second kappa shape index (κ2) is 5.97. The number of aromatic nitrogens is 2. The Labute approximate surface area is 127 Å². The Hall–Kier alpha value is -2.70. The van der Waals surface area contributed by atoms with E-state index in [-0.39, 0.29) is 24.3 Å². The van der Waals surface area contributed by atoms with Crippen LogP contribution in [0.2, 0.25) is 0 Å². The summed E-state index contributed by atoms with van der Waals surface area (Å²) in [7, 11) is 0. The monoisotopic (exact) mass is 300 g/mol. The van der Waals surface area contributed by atoms with Crippen LogP contribution < -0.4 is 5.32 Å². The summed E-state index contributed by atoms with van der Waals surface area (Å²) in [5.74, 6) is -0.0274. The average molecular weight is 300 g/mol. The molecule has 1 fully saturated rings. The molecule has 2 aromatic rings. The highest BCUT2D eigenvalue weighted by Crippen LogP contribution is 2.17. The molecule has 7 nitrogen and oxygen atoms in total. The van der Waals surface area contributed by atoms with Gasteiger partial charge in [-0.1, -0.05) is 6.58 Å². The molecule has 1 atom stereocenters. The van der Waals surface area contributed by atoms with E-state index in [2.05, 4.69) is 21.9 Å². The molecule has 2 aromatic heterocycles. The number of pyridine rings is 1. The summed E-state index contributed by atoms with van der Waals surface area (Å²) in [5, 5.41) is 2.79. The van der Waals surface area contributed by atoms with Crippen LogP contribution in [0, 0.1) is 5.92 Å². The van der Waals surface area contributed by atoms with Gasteiger partial charge in [-0.05, 0) is 24.6 Å². The molecule has 1 N–H and O–H groups in total. The Bertz CT molecular complexity index is 691. The Morgan fingerprint density at radius 3 is 3.18 bits per heavy atom. The zero-order chi connectivity index (χ0) is 15.5. The van der Waals surface area contributed by atoms with Gasteiger partial charge in [0.25, 0.3) is 0 Å². The summed E-state index contributed by atoms with van der Waals surface area (Å²) >= 11 is 0. The average Bonchev–Trinajstić information content (AvgIpc) is 3.18. The number of fused-ring (bicyclic) bond motifs is 1. The SMILES string of the molecule is C=CC(=O)N1CCC(C(=O)NCc2nc3ncccc3o2)C1. The van der Waals surface area contributed by atoms with Crippen LogP contribution in [0.5, 0.6) is 0 Å². The first kappa shape index (κ1) is 14.2. The summed E-state index contributed by atoms with van der Waals surface area (Å²) in [6.07, 6.45) is 3.56. The van der Waals surface area contributed by atoms with Gasteiger partial charge in [0.2, 0.25) is 17.7 Å². The van der Waals surface area contributed by atoms with E-state index in [1.807, 2.05) is 0 Å². The van der Waals surface area contributed by atoms with Crippen molar-refractivity contribution in [1.82, 2.24) is 20.2 Å². The number of hydrogen-bond acceptors (Lipinski definition) is 5. The zero-order valence-corrected chi connectivity index (χ0v) is 12.0. The summed E-state index contributed by atoms with van der Waals surface area (Å²) in [5.41, 5.74) is 1.12. The van der Waals surface area contributed by atoms with Gasteiger partial charge in [-0.3, -0.25) is 9.59 Å². The van der Waals surface area contributed by atoms with Gasteiger partial charge in [0.15, 0.2) is 11.2 Å². The lowest BCUT2D eigenvalue weighted by molar-refractivity contribution is -0.126. The van der Waals surface area contributed by atoms with Crippen LogP contribution >= 0.6 is 0 Å². The van der Waals surface area contributed by atoms with Crippen LogP contribution in [0.3, 0.4) is 0 Å². The molecule has 0 aromatic carbocycles. The van der Waals surface area contributed by atoms with Gasteiger partial charge in [0.05, 0.1) is 12.5 Å². The predicted octanol–water partition coefficient (Wildman–Crippen LogP) is 0.873. The molecule has 2 amide bonds. The molecular formula is C15H16N4O3. The minimum Gasteiger partial charge on any atom is -0.437 e. The third-order valence-corrected chi connectivity index (χ3v) is 3.67. The number of rotatable bonds is 4. The highest BCUT2D eigenvalue weighted by Gasteiger charge is 2.30. The maximum absolute atomic E-state index is 12.1. The lowest BCUT2D eigenvalue weighted by Crippen LogP contribution is -2.33. The molecule has 1 aliphatic rings. The van der Waals surface area contributed by atoms with E-state index in [4.69, 9.17) is 4.42 Å². The Kier molecular flexibility index (Phi) is 3.86. The maximum atomic E-state index is 12.1. The van der Waals surface area contributed by atoms with Crippen LogP contribution in [0.15, 0.2) is 35.4 Å². The van der Waals surface area contributed by atoms with Crippen molar-refractivity contribution in [3.05, 3.63) is 36.9 Å². The van der Waals surface area contributed by atoms with Crippen LogP contribution in [0.4, 0.5) is 0 Å². The van der Waals surface area contributed by atoms with Crippen LogP contribution in [0.1, 0.15) is 12.3 Å². The first-order valence-corrected chi connectivity index (χ1v) is 7.07. The fourth-order valence-electron chi connectivity index (χ4n) is 2.50. The first-order valence-electron chi connectivity index (χ1n) is 7.07. The van der Waals surface area contributed by atoms with E-state index in [1.165, 1.54) is 6.08 Å². The van der Waals surface area contributed by atoms with Gasteiger partial charge in [0, 0.05) is 19.3 Å². The summed E-state index contributed by atoms with van der Waals surface area (Å²) in [6.45, 7) is 4.66. The molecule has 0 aliphatic carbocycles. The fraction of sp³-hybridized carbons (Fsp3) is 0.333. The van der Waals surface area contributed by atoms with Gasteiger partial charge >= 0.3 is 0 Å². The summed E-state index contributed by atoms with van der Waals surface area (Å²) < 4.78 is 5.49. The second-order valence-electron chi connectivity index (χ2n) is 5.12. The molecular weight excluding hydrogens is 284 g/mol. The number of nitrogens with zero attached hydrogens (tertiary/aromatic N) is 3. The minimum absolute atomic E-state index is 0.102.